The zero-order valence-corrected chi connectivity index (χ0v) is 12.5. The van der Waals surface area contributed by atoms with Gasteiger partial charge in [0.1, 0.15) is 17.3 Å². The molecule has 0 atom stereocenters. The van der Waals surface area contributed by atoms with Crippen molar-refractivity contribution >= 4 is 11.6 Å². The molecule has 0 fully saturated rings. The summed E-state index contributed by atoms with van der Waals surface area (Å²) in [5.41, 5.74) is -0.283. The normalized spacial score (nSPS) is 10.8. The van der Waals surface area contributed by atoms with Crippen LogP contribution in [0, 0.1) is 11.6 Å². The lowest BCUT2D eigenvalue weighted by molar-refractivity contribution is 0.0946. The van der Waals surface area contributed by atoms with Gasteiger partial charge in [0.15, 0.2) is 0 Å². The fourth-order valence-electron chi connectivity index (χ4n) is 1.76. The zero-order chi connectivity index (χ0) is 15.8. The smallest absolute Gasteiger partial charge is 0.251 e. The number of ether oxygens (including phenoxy) is 1. The van der Waals surface area contributed by atoms with Gasteiger partial charge in [-0.25, -0.2) is 8.78 Å². The highest BCUT2D eigenvalue weighted by atomic mass is 19.1. The molecule has 1 rings (SSSR count). The number of anilines is 1. The SMILES string of the molecule is CNc1c(F)cc(C(=O)NCCN(C)CCOC)cc1F. The number of hydrogen-bond acceptors (Lipinski definition) is 4. The van der Waals surface area contributed by atoms with Crippen LogP contribution in [0.25, 0.3) is 0 Å². The van der Waals surface area contributed by atoms with E-state index in [1.165, 1.54) is 7.05 Å². The van der Waals surface area contributed by atoms with E-state index >= 15 is 0 Å². The Morgan fingerprint density at radius 2 is 1.90 bits per heavy atom. The fourth-order valence-corrected chi connectivity index (χ4v) is 1.76. The molecule has 5 nitrogen and oxygen atoms in total. The predicted octanol–water partition coefficient (Wildman–Crippen LogP) is 1.31. The van der Waals surface area contributed by atoms with Crippen molar-refractivity contribution in [2.24, 2.45) is 0 Å². The summed E-state index contributed by atoms with van der Waals surface area (Å²) in [6.07, 6.45) is 0. The predicted molar refractivity (Wildman–Crippen MR) is 77.6 cm³/mol. The largest absolute Gasteiger partial charge is 0.383 e. The number of nitrogens with one attached hydrogen (secondary N) is 2. The summed E-state index contributed by atoms with van der Waals surface area (Å²) in [6.45, 7) is 2.35. The fraction of sp³-hybridized carbons (Fsp3) is 0.500. The zero-order valence-electron chi connectivity index (χ0n) is 12.5. The third-order valence-corrected chi connectivity index (χ3v) is 3.01. The average Bonchev–Trinajstić information content (AvgIpc) is 2.44. The van der Waals surface area contributed by atoms with Crippen LogP contribution in [0.5, 0.6) is 0 Å². The Morgan fingerprint density at radius 1 is 1.29 bits per heavy atom. The molecule has 1 aromatic rings. The highest BCUT2D eigenvalue weighted by Crippen LogP contribution is 2.19. The first-order valence-electron chi connectivity index (χ1n) is 6.62. The average molecular weight is 301 g/mol. The molecule has 0 heterocycles. The minimum Gasteiger partial charge on any atom is -0.383 e. The minimum atomic E-state index is -0.792. The van der Waals surface area contributed by atoms with Crippen LogP contribution in [0.3, 0.4) is 0 Å². The van der Waals surface area contributed by atoms with Gasteiger partial charge in [-0.15, -0.1) is 0 Å². The molecule has 7 heteroatoms. The quantitative estimate of drug-likeness (QED) is 0.760. The van der Waals surface area contributed by atoms with Crippen molar-refractivity contribution in [3.8, 4) is 0 Å². The molecule has 2 N–H and O–H groups in total. The first kappa shape index (κ1) is 17.3. The van der Waals surface area contributed by atoms with E-state index in [0.717, 1.165) is 18.7 Å². The molecular weight excluding hydrogens is 280 g/mol. The minimum absolute atomic E-state index is 0.0384. The van der Waals surface area contributed by atoms with Crippen molar-refractivity contribution < 1.29 is 18.3 Å². The molecule has 0 bridgehead atoms. The van der Waals surface area contributed by atoms with Crippen molar-refractivity contribution in [1.29, 1.82) is 0 Å². The van der Waals surface area contributed by atoms with Crippen LogP contribution < -0.4 is 10.6 Å². The number of rotatable bonds is 8. The molecule has 0 saturated heterocycles. The Bertz CT molecular complexity index is 460. The molecular formula is C14H21F2N3O2. The molecule has 21 heavy (non-hydrogen) atoms. The van der Waals surface area contributed by atoms with Crippen LogP contribution >= 0.6 is 0 Å². The summed E-state index contributed by atoms with van der Waals surface area (Å²) in [4.78, 5) is 13.8. The van der Waals surface area contributed by atoms with Crippen molar-refractivity contribution in [3.05, 3.63) is 29.3 Å². The summed E-state index contributed by atoms with van der Waals surface area (Å²) in [6, 6.07) is 2.03. The van der Waals surface area contributed by atoms with E-state index in [1.807, 2.05) is 11.9 Å². The van der Waals surface area contributed by atoms with Gasteiger partial charge in [-0.1, -0.05) is 0 Å². The van der Waals surface area contributed by atoms with Gasteiger partial charge in [-0.3, -0.25) is 4.79 Å². The van der Waals surface area contributed by atoms with E-state index in [1.54, 1.807) is 7.11 Å². The summed E-state index contributed by atoms with van der Waals surface area (Å²) in [5, 5.41) is 5.03. The third-order valence-electron chi connectivity index (χ3n) is 3.01. The number of likely N-dealkylation sites (N-methyl/N-ethyl adjacent to an activating group) is 1. The Morgan fingerprint density at radius 3 is 2.43 bits per heavy atom. The number of nitrogens with zero attached hydrogens (tertiary/aromatic N) is 1. The third kappa shape index (κ3) is 5.28. The Balaban J connectivity index is 2.53. The molecule has 0 spiro atoms. The van der Waals surface area contributed by atoms with E-state index in [9.17, 15) is 13.6 Å². The van der Waals surface area contributed by atoms with Crippen molar-refractivity contribution in [1.82, 2.24) is 10.2 Å². The number of carbonyl (C=O) groups is 1. The van der Waals surface area contributed by atoms with Crippen molar-refractivity contribution in [2.45, 2.75) is 0 Å². The first-order valence-corrected chi connectivity index (χ1v) is 6.62. The van der Waals surface area contributed by atoms with Crippen LogP contribution in [-0.2, 0) is 4.74 Å². The molecule has 0 radical (unpaired) electrons. The molecule has 118 valence electrons. The number of halogens is 2. The second-order valence-electron chi connectivity index (χ2n) is 4.62. The first-order chi connectivity index (χ1) is 9.99. The van der Waals surface area contributed by atoms with E-state index in [-0.39, 0.29) is 11.3 Å². The molecule has 1 aromatic carbocycles. The Labute approximate surface area is 123 Å². The van der Waals surface area contributed by atoms with E-state index in [2.05, 4.69) is 10.6 Å². The van der Waals surface area contributed by atoms with Crippen molar-refractivity contribution in [3.63, 3.8) is 0 Å². The highest BCUT2D eigenvalue weighted by Gasteiger charge is 2.14. The van der Waals surface area contributed by atoms with E-state index in [0.29, 0.717) is 19.7 Å². The van der Waals surface area contributed by atoms with Crippen molar-refractivity contribution in [2.75, 3.05) is 52.8 Å². The van der Waals surface area contributed by atoms with Gasteiger partial charge < -0.3 is 20.3 Å². The maximum Gasteiger partial charge on any atom is 0.251 e. The summed E-state index contributed by atoms with van der Waals surface area (Å²) < 4.78 is 32.1. The van der Waals surface area contributed by atoms with Gasteiger partial charge in [0.2, 0.25) is 0 Å². The number of carbonyl (C=O) groups excluding carboxylic acids is 1. The van der Waals surface area contributed by atoms with Crippen LogP contribution in [0.1, 0.15) is 10.4 Å². The summed E-state index contributed by atoms with van der Waals surface area (Å²) >= 11 is 0. The lowest BCUT2D eigenvalue weighted by Crippen LogP contribution is -2.34. The lowest BCUT2D eigenvalue weighted by atomic mass is 10.1. The van der Waals surface area contributed by atoms with Gasteiger partial charge in [-0.2, -0.15) is 0 Å². The van der Waals surface area contributed by atoms with E-state index < -0.39 is 17.5 Å². The number of benzene rings is 1. The highest BCUT2D eigenvalue weighted by molar-refractivity contribution is 5.94. The van der Waals surface area contributed by atoms with E-state index in [4.69, 9.17) is 4.74 Å². The van der Waals surface area contributed by atoms with Crippen LogP contribution in [0.15, 0.2) is 12.1 Å². The topological polar surface area (TPSA) is 53.6 Å². The van der Waals surface area contributed by atoms with Crippen LogP contribution in [-0.4, -0.2) is 58.3 Å². The van der Waals surface area contributed by atoms with Gasteiger partial charge in [0, 0.05) is 39.4 Å². The monoisotopic (exact) mass is 301 g/mol. The number of methoxy groups -OCH3 is 1. The Hall–Kier alpha value is -1.73. The molecule has 0 aliphatic carbocycles. The molecule has 0 unspecified atom stereocenters. The second-order valence-corrected chi connectivity index (χ2v) is 4.62. The molecule has 0 saturated carbocycles. The maximum absolute atomic E-state index is 13.6. The molecule has 1 amide bonds. The molecule has 0 aliphatic rings. The second kappa shape index (κ2) is 8.53. The Kier molecular flexibility index (Phi) is 7.04. The van der Waals surface area contributed by atoms with Gasteiger partial charge >= 0.3 is 0 Å². The number of amides is 1. The van der Waals surface area contributed by atoms with Gasteiger partial charge in [0.05, 0.1) is 6.61 Å². The summed E-state index contributed by atoms with van der Waals surface area (Å²) in [5.74, 6) is -2.09. The van der Waals surface area contributed by atoms with Gasteiger partial charge in [-0.05, 0) is 19.2 Å². The standard InChI is InChI=1S/C14H21F2N3O2/c1-17-13-11(15)8-10(9-12(13)16)14(20)18-4-5-19(2)6-7-21-3/h8-9,17H,4-7H2,1-3H3,(H,18,20). The van der Waals surface area contributed by atoms with Crippen LogP contribution in [0.4, 0.5) is 14.5 Å². The lowest BCUT2D eigenvalue weighted by Gasteiger charge is -2.16. The summed E-state index contributed by atoms with van der Waals surface area (Å²) in [7, 11) is 4.93. The molecule has 0 aromatic heterocycles. The van der Waals surface area contributed by atoms with Gasteiger partial charge in [0.25, 0.3) is 5.91 Å². The maximum atomic E-state index is 13.6. The van der Waals surface area contributed by atoms with Crippen LogP contribution in [0.2, 0.25) is 0 Å². The molecule has 0 aliphatic heterocycles. The number of hydrogen-bond donors (Lipinski definition) is 2.